The molecule has 0 aromatic heterocycles. The molecule has 86 valence electrons. The Hall–Kier alpha value is -1.51. The van der Waals surface area contributed by atoms with Crippen LogP contribution >= 0.6 is 0 Å². The molecule has 0 amide bonds. The second kappa shape index (κ2) is 5.01. The molecular weight excluding hydrogens is 204 g/mol. The van der Waals surface area contributed by atoms with Crippen molar-refractivity contribution in [2.45, 2.75) is 32.6 Å². The summed E-state index contributed by atoms with van der Waals surface area (Å²) in [4.78, 5) is 10.8. The van der Waals surface area contributed by atoms with E-state index in [0.29, 0.717) is 13.2 Å². The quantitative estimate of drug-likeness (QED) is 0.716. The molecule has 0 radical (unpaired) electrons. The van der Waals surface area contributed by atoms with E-state index in [9.17, 15) is 4.79 Å². The summed E-state index contributed by atoms with van der Waals surface area (Å²) in [7, 11) is 0. The van der Waals surface area contributed by atoms with Crippen LogP contribution < -0.4 is 9.47 Å². The Morgan fingerprint density at radius 3 is 2.88 bits per heavy atom. The first kappa shape index (κ1) is 11.0. The van der Waals surface area contributed by atoms with Crippen molar-refractivity contribution in [1.82, 2.24) is 0 Å². The van der Waals surface area contributed by atoms with Crippen LogP contribution in [0.15, 0.2) is 18.2 Å². The van der Waals surface area contributed by atoms with Crippen molar-refractivity contribution in [1.29, 1.82) is 0 Å². The molecular formula is C13H16O3. The van der Waals surface area contributed by atoms with E-state index < -0.39 is 0 Å². The van der Waals surface area contributed by atoms with Crippen LogP contribution in [0.2, 0.25) is 0 Å². The van der Waals surface area contributed by atoms with E-state index in [1.807, 2.05) is 12.1 Å². The molecule has 0 aliphatic carbocycles. The Morgan fingerprint density at radius 2 is 2.06 bits per heavy atom. The minimum absolute atomic E-state index is 0.269. The molecule has 3 nitrogen and oxygen atoms in total. The predicted octanol–water partition coefficient (Wildman–Crippen LogP) is 2.72. The van der Waals surface area contributed by atoms with Gasteiger partial charge < -0.3 is 14.3 Å². The number of aryl methyl sites for hydroxylation is 1. The van der Waals surface area contributed by atoms with Gasteiger partial charge >= 0.3 is 0 Å². The van der Waals surface area contributed by atoms with Gasteiger partial charge in [0.25, 0.3) is 0 Å². The molecule has 0 N–H and O–H groups in total. The molecule has 0 atom stereocenters. The molecule has 16 heavy (non-hydrogen) atoms. The molecule has 0 saturated carbocycles. The summed E-state index contributed by atoms with van der Waals surface area (Å²) in [6.07, 6.45) is 3.68. The summed E-state index contributed by atoms with van der Waals surface area (Å²) >= 11 is 0. The zero-order valence-corrected chi connectivity index (χ0v) is 9.49. The van der Waals surface area contributed by atoms with Crippen LogP contribution in [0, 0.1) is 0 Å². The fourth-order valence-electron chi connectivity index (χ4n) is 1.80. The lowest BCUT2D eigenvalue weighted by atomic mass is 10.1. The molecule has 0 saturated heterocycles. The summed E-state index contributed by atoms with van der Waals surface area (Å²) in [6.45, 7) is 1.96. The second-order valence-corrected chi connectivity index (χ2v) is 4.10. The lowest BCUT2D eigenvalue weighted by Gasteiger charge is -2.02. The number of carbonyl (C=O) groups excluding carboxylic acids is 1. The van der Waals surface area contributed by atoms with E-state index in [2.05, 4.69) is 6.07 Å². The van der Waals surface area contributed by atoms with Crippen LogP contribution in [-0.2, 0) is 11.2 Å². The van der Waals surface area contributed by atoms with Gasteiger partial charge in [0.15, 0.2) is 11.5 Å². The third-order valence-corrected chi connectivity index (χ3v) is 2.68. The molecule has 1 aromatic rings. The number of unbranched alkanes of at least 4 members (excludes halogenated alkanes) is 1. The van der Waals surface area contributed by atoms with E-state index in [4.69, 9.17) is 9.47 Å². The fourth-order valence-corrected chi connectivity index (χ4v) is 1.80. The molecule has 2 rings (SSSR count). The van der Waals surface area contributed by atoms with Gasteiger partial charge in [0.05, 0.1) is 0 Å². The lowest BCUT2D eigenvalue weighted by Crippen LogP contribution is -1.93. The van der Waals surface area contributed by atoms with Crippen LogP contribution in [0.25, 0.3) is 0 Å². The first-order valence-electron chi connectivity index (χ1n) is 5.63. The highest BCUT2D eigenvalue weighted by Crippen LogP contribution is 2.32. The van der Waals surface area contributed by atoms with Crippen LogP contribution in [0.5, 0.6) is 11.5 Å². The van der Waals surface area contributed by atoms with Crippen LogP contribution in [0.1, 0.15) is 31.7 Å². The maximum atomic E-state index is 10.8. The number of benzene rings is 1. The molecule has 0 spiro atoms. The van der Waals surface area contributed by atoms with Crippen LogP contribution in [-0.4, -0.2) is 12.6 Å². The Labute approximate surface area is 95.4 Å². The van der Waals surface area contributed by atoms with Gasteiger partial charge in [0, 0.05) is 6.42 Å². The second-order valence-electron chi connectivity index (χ2n) is 4.10. The minimum Gasteiger partial charge on any atom is -0.454 e. The molecule has 3 heteroatoms. The van der Waals surface area contributed by atoms with E-state index >= 15 is 0 Å². The van der Waals surface area contributed by atoms with Crippen molar-refractivity contribution in [3.8, 4) is 11.5 Å². The van der Waals surface area contributed by atoms with Gasteiger partial charge in [-0.1, -0.05) is 6.07 Å². The topological polar surface area (TPSA) is 35.5 Å². The van der Waals surface area contributed by atoms with Gasteiger partial charge in [-0.15, -0.1) is 0 Å². The summed E-state index contributed by atoms with van der Waals surface area (Å²) in [5, 5.41) is 0. The van der Waals surface area contributed by atoms with Gasteiger partial charge in [-0.05, 0) is 43.9 Å². The number of fused-ring (bicyclic) bond motifs is 1. The Bertz CT molecular complexity index is 385. The van der Waals surface area contributed by atoms with Crippen molar-refractivity contribution in [2.24, 2.45) is 0 Å². The van der Waals surface area contributed by atoms with E-state index in [1.54, 1.807) is 6.92 Å². The number of rotatable bonds is 5. The van der Waals surface area contributed by atoms with Crippen molar-refractivity contribution in [3.63, 3.8) is 0 Å². The number of carbonyl (C=O) groups is 1. The highest BCUT2D eigenvalue weighted by Gasteiger charge is 2.12. The first-order chi connectivity index (χ1) is 7.75. The van der Waals surface area contributed by atoms with E-state index in [-0.39, 0.29) is 5.78 Å². The maximum absolute atomic E-state index is 10.8. The van der Waals surface area contributed by atoms with Gasteiger partial charge in [-0.2, -0.15) is 0 Å². The molecule has 0 fully saturated rings. The largest absolute Gasteiger partial charge is 0.454 e. The number of hydrogen-bond acceptors (Lipinski definition) is 3. The smallest absolute Gasteiger partial charge is 0.231 e. The van der Waals surface area contributed by atoms with Crippen LogP contribution in [0.3, 0.4) is 0 Å². The van der Waals surface area contributed by atoms with Crippen molar-refractivity contribution in [2.75, 3.05) is 6.79 Å². The SMILES string of the molecule is CC(=O)CCCCc1ccc2c(c1)OCO2. The molecule has 0 bridgehead atoms. The van der Waals surface area contributed by atoms with Gasteiger partial charge in [-0.3, -0.25) is 0 Å². The molecule has 1 aromatic carbocycles. The van der Waals surface area contributed by atoms with Crippen molar-refractivity contribution >= 4 is 5.78 Å². The normalized spacial score (nSPS) is 12.8. The van der Waals surface area contributed by atoms with Gasteiger partial charge in [-0.25, -0.2) is 0 Å². The van der Waals surface area contributed by atoms with Crippen molar-refractivity contribution in [3.05, 3.63) is 23.8 Å². The Balaban J connectivity index is 1.83. The maximum Gasteiger partial charge on any atom is 0.231 e. The summed E-state index contributed by atoms with van der Waals surface area (Å²) in [5.41, 5.74) is 1.24. The van der Waals surface area contributed by atoms with Crippen LogP contribution in [0.4, 0.5) is 0 Å². The first-order valence-corrected chi connectivity index (χ1v) is 5.63. The molecule has 1 aliphatic rings. The fraction of sp³-hybridized carbons (Fsp3) is 0.462. The third kappa shape index (κ3) is 2.75. The zero-order valence-electron chi connectivity index (χ0n) is 9.49. The predicted molar refractivity (Wildman–Crippen MR) is 60.8 cm³/mol. The third-order valence-electron chi connectivity index (χ3n) is 2.68. The summed E-state index contributed by atoms with van der Waals surface area (Å²) < 4.78 is 10.6. The summed E-state index contributed by atoms with van der Waals surface area (Å²) in [5.74, 6) is 1.93. The van der Waals surface area contributed by atoms with Crippen molar-refractivity contribution < 1.29 is 14.3 Å². The van der Waals surface area contributed by atoms with Gasteiger partial charge in [0.2, 0.25) is 6.79 Å². The Morgan fingerprint density at radius 1 is 1.25 bits per heavy atom. The molecule has 1 heterocycles. The monoisotopic (exact) mass is 220 g/mol. The number of ketones is 1. The average Bonchev–Trinajstić information content (AvgIpc) is 2.71. The molecule has 1 aliphatic heterocycles. The zero-order chi connectivity index (χ0) is 11.4. The summed E-state index contributed by atoms with van der Waals surface area (Å²) in [6, 6.07) is 6.03. The highest BCUT2D eigenvalue weighted by atomic mass is 16.7. The Kier molecular flexibility index (Phi) is 3.44. The van der Waals surface area contributed by atoms with E-state index in [0.717, 1.165) is 30.8 Å². The standard InChI is InChI=1S/C13H16O3/c1-10(14)4-2-3-5-11-6-7-12-13(8-11)16-9-15-12/h6-8H,2-5,9H2,1H3. The van der Waals surface area contributed by atoms with Gasteiger partial charge in [0.1, 0.15) is 5.78 Å². The lowest BCUT2D eigenvalue weighted by molar-refractivity contribution is -0.117. The van der Waals surface area contributed by atoms with E-state index in [1.165, 1.54) is 5.56 Å². The minimum atomic E-state index is 0.269. The number of Topliss-reactive ketones (excluding diaryl/α,β-unsaturated/α-hetero) is 1. The number of ether oxygens (including phenoxy) is 2. The number of hydrogen-bond donors (Lipinski definition) is 0. The highest BCUT2D eigenvalue weighted by molar-refractivity contribution is 5.75. The molecule has 0 unspecified atom stereocenters. The average molecular weight is 220 g/mol.